The molecular formula is C28H35N2O6S+. The summed E-state index contributed by atoms with van der Waals surface area (Å²) in [6, 6.07) is 20.4. The molecule has 9 heteroatoms. The Hall–Kier alpha value is -3.56. The van der Waals surface area contributed by atoms with E-state index in [1.807, 2.05) is 61.5 Å². The van der Waals surface area contributed by atoms with Crippen LogP contribution in [-0.2, 0) is 16.4 Å². The first-order valence-electron chi connectivity index (χ1n) is 12.0. The molecule has 0 heterocycles. The highest BCUT2D eigenvalue weighted by atomic mass is 32.2. The molecule has 3 rings (SSSR count). The van der Waals surface area contributed by atoms with Crippen LogP contribution in [0.5, 0.6) is 23.0 Å². The third kappa shape index (κ3) is 7.96. The molecule has 0 aromatic heterocycles. The summed E-state index contributed by atoms with van der Waals surface area (Å²) in [4.78, 5) is -0.0266. The molecule has 3 aromatic carbocycles. The van der Waals surface area contributed by atoms with Gasteiger partial charge in [0.15, 0.2) is 30.3 Å². The van der Waals surface area contributed by atoms with Gasteiger partial charge in [-0.25, -0.2) is 18.1 Å². The van der Waals surface area contributed by atoms with Crippen LogP contribution in [0.3, 0.4) is 0 Å². The Morgan fingerprint density at radius 1 is 0.919 bits per heavy atom. The molecule has 0 aliphatic rings. The second kappa shape index (κ2) is 13.1. The van der Waals surface area contributed by atoms with Gasteiger partial charge in [0.05, 0.1) is 20.8 Å². The number of hydrogen-bond donors (Lipinski definition) is 1. The summed E-state index contributed by atoms with van der Waals surface area (Å²) < 4.78 is 48.5. The summed E-state index contributed by atoms with van der Waals surface area (Å²) in [5, 5.41) is 5.41. The van der Waals surface area contributed by atoms with E-state index in [4.69, 9.17) is 24.1 Å². The smallest absolute Gasteiger partial charge is 0.241 e. The second-order valence-corrected chi connectivity index (χ2v) is 9.98. The van der Waals surface area contributed by atoms with Crippen molar-refractivity contribution in [3.63, 3.8) is 0 Å². The van der Waals surface area contributed by atoms with E-state index < -0.39 is 10.0 Å². The van der Waals surface area contributed by atoms with Crippen molar-refractivity contribution in [1.29, 1.82) is 0 Å². The molecule has 8 nitrogen and oxygen atoms in total. The van der Waals surface area contributed by atoms with Crippen molar-refractivity contribution in [1.82, 2.24) is 0 Å². The first-order valence-corrected chi connectivity index (χ1v) is 13.6. The van der Waals surface area contributed by atoms with Crippen LogP contribution >= 0.6 is 0 Å². The van der Waals surface area contributed by atoms with Gasteiger partial charge in [0.1, 0.15) is 23.0 Å². The van der Waals surface area contributed by atoms with Crippen molar-refractivity contribution in [3.05, 3.63) is 77.9 Å². The summed E-state index contributed by atoms with van der Waals surface area (Å²) in [5.74, 6) is 2.40. The Balaban J connectivity index is 1.84. The quantitative estimate of drug-likeness (QED) is 0.267. The van der Waals surface area contributed by atoms with Crippen molar-refractivity contribution in [2.45, 2.75) is 31.2 Å². The largest absolute Gasteiger partial charge is 0.497 e. The van der Waals surface area contributed by atoms with E-state index in [1.54, 1.807) is 19.2 Å². The Morgan fingerprint density at radius 3 is 2.19 bits per heavy atom. The normalized spacial score (nSPS) is 12.6. The lowest BCUT2D eigenvalue weighted by atomic mass is 10.1. The van der Waals surface area contributed by atoms with Crippen LogP contribution in [0.1, 0.15) is 25.0 Å². The first-order chi connectivity index (χ1) is 17.7. The number of rotatable bonds is 13. The van der Waals surface area contributed by atoms with Crippen LogP contribution in [0.2, 0.25) is 0 Å². The van der Waals surface area contributed by atoms with Gasteiger partial charge in [-0.3, -0.25) is 0 Å². The molecule has 0 radical (unpaired) electrons. The zero-order valence-corrected chi connectivity index (χ0v) is 22.5. The molecule has 0 spiro atoms. The third-order valence-corrected chi connectivity index (χ3v) is 6.75. The Bertz CT molecular complexity index is 1310. The number of sulfonamides is 1. The van der Waals surface area contributed by atoms with Crippen molar-refractivity contribution in [2.24, 2.45) is 5.14 Å². The summed E-state index contributed by atoms with van der Waals surface area (Å²) >= 11 is 0. The van der Waals surface area contributed by atoms with E-state index >= 15 is 0 Å². The monoisotopic (exact) mass is 527 g/mol. The van der Waals surface area contributed by atoms with E-state index in [0.29, 0.717) is 37.7 Å². The molecule has 0 saturated carbocycles. The van der Waals surface area contributed by atoms with Gasteiger partial charge >= 0.3 is 0 Å². The van der Waals surface area contributed by atoms with Crippen LogP contribution < -0.4 is 24.1 Å². The maximum absolute atomic E-state index is 12.1. The predicted octanol–water partition coefficient (Wildman–Crippen LogP) is 3.89. The van der Waals surface area contributed by atoms with E-state index in [-0.39, 0.29) is 16.7 Å². The highest BCUT2D eigenvalue weighted by molar-refractivity contribution is 7.89. The van der Waals surface area contributed by atoms with Gasteiger partial charge in [0.2, 0.25) is 10.0 Å². The Labute approximate surface area is 219 Å². The lowest BCUT2D eigenvalue weighted by molar-refractivity contribution is -0.558. The summed E-state index contributed by atoms with van der Waals surface area (Å²) in [7, 11) is -0.871. The number of nitrogens with zero attached hydrogens (tertiary/aromatic N) is 1. The summed E-state index contributed by atoms with van der Waals surface area (Å²) in [6.07, 6.45) is 2.64. The highest BCUT2D eigenvalue weighted by Crippen LogP contribution is 2.27. The van der Waals surface area contributed by atoms with E-state index in [2.05, 4.69) is 17.7 Å². The molecule has 0 aliphatic carbocycles. The van der Waals surface area contributed by atoms with Gasteiger partial charge in [-0.1, -0.05) is 18.2 Å². The third-order valence-electron chi connectivity index (χ3n) is 5.82. The molecule has 0 saturated heterocycles. The Morgan fingerprint density at radius 2 is 1.59 bits per heavy atom. The van der Waals surface area contributed by atoms with Gasteiger partial charge in [0.25, 0.3) is 0 Å². The topological polar surface area (TPSA) is 100 Å². The standard InChI is InChI=1S/C28H35N2O6S/c1-5-35-25-8-6-7-9-26(25)36-17-16-30(20-22-10-13-24(33-3)14-11-22)21(2)18-23-12-15-27(34-4)28(19-23)37(29,31)32/h6-15,19-21H,5,16-18H2,1-4H3,(H2,29,31,32)/q+1/t21-/m1/s1. The fourth-order valence-electron chi connectivity index (χ4n) is 3.93. The van der Waals surface area contributed by atoms with Gasteiger partial charge in [-0.15, -0.1) is 0 Å². The van der Waals surface area contributed by atoms with Gasteiger partial charge in [-0.2, -0.15) is 0 Å². The summed E-state index contributed by atoms with van der Waals surface area (Å²) in [5.41, 5.74) is 1.83. The maximum atomic E-state index is 12.1. The van der Waals surface area contributed by atoms with Crippen LogP contribution in [0.15, 0.2) is 71.6 Å². The van der Waals surface area contributed by atoms with Crippen molar-refractivity contribution >= 4 is 16.2 Å². The lowest BCUT2D eigenvalue weighted by Gasteiger charge is -2.15. The average Bonchev–Trinajstić information content (AvgIpc) is 2.89. The zero-order chi connectivity index (χ0) is 26.8. The Kier molecular flexibility index (Phi) is 9.93. The molecule has 198 valence electrons. The van der Waals surface area contributed by atoms with Gasteiger partial charge in [-0.05, 0) is 67.9 Å². The molecule has 0 fully saturated rings. The molecule has 1 atom stereocenters. The SMILES string of the molecule is CCOc1ccccc1OCC[N+](=Cc1ccc(OC)cc1)[C@H](C)Cc1ccc(OC)c(S(N)(=O)=O)c1. The minimum Gasteiger partial charge on any atom is -0.497 e. The average molecular weight is 528 g/mol. The van der Waals surface area contributed by atoms with Gasteiger partial charge in [0, 0.05) is 12.0 Å². The van der Waals surface area contributed by atoms with Crippen molar-refractivity contribution in [3.8, 4) is 23.0 Å². The lowest BCUT2D eigenvalue weighted by Crippen LogP contribution is -2.31. The van der Waals surface area contributed by atoms with E-state index in [1.165, 1.54) is 7.11 Å². The molecule has 0 amide bonds. The molecule has 0 unspecified atom stereocenters. The molecular weight excluding hydrogens is 492 g/mol. The maximum Gasteiger partial charge on any atom is 0.241 e. The van der Waals surface area contributed by atoms with E-state index in [9.17, 15) is 8.42 Å². The predicted molar refractivity (Wildman–Crippen MR) is 144 cm³/mol. The van der Waals surface area contributed by atoms with Gasteiger partial charge < -0.3 is 18.9 Å². The number of benzene rings is 3. The number of nitrogens with two attached hydrogens (primary N) is 1. The summed E-state index contributed by atoms with van der Waals surface area (Å²) in [6.45, 7) is 5.58. The van der Waals surface area contributed by atoms with Crippen LogP contribution in [0.25, 0.3) is 0 Å². The number of methoxy groups -OCH3 is 2. The van der Waals surface area contributed by atoms with Crippen LogP contribution in [-0.4, -0.2) is 59.2 Å². The highest BCUT2D eigenvalue weighted by Gasteiger charge is 2.21. The fraction of sp³-hybridized carbons (Fsp3) is 0.321. The minimum atomic E-state index is -3.92. The van der Waals surface area contributed by atoms with Crippen LogP contribution in [0, 0.1) is 0 Å². The number of hydrogen-bond acceptors (Lipinski definition) is 6. The molecule has 3 aromatic rings. The number of primary sulfonamides is 1. The first kappa shape index (κ1) is 28.0. The molecule has 2 N–H and O–H groups in total. The fourth-order valence-corrected chi connectivity index (χ4v) is 4.68. The van der Waals surface area contributed by atoms with E-state index in [0.717, 1.165) is 16.9 Å². The van der Waals surface area contributed by atoms with Crippen molar-refractivity contribution < 1.29 is 31.9 Å². The second-order valence-electron chi connectivity index (χ2n) is 8.45. The van der Waals surface area contributed by atoms with Crippen LogP contribution in [0.4, 0.5) is 0 Å². The molecule has 0 bridgehead atoms. The molecule has 37 heavy (non-hydrogen) atoms. The molecule has 0 aliphatic heterocycles. The van der Waals surface area contributed by atoms with Crippen molar-refractivity contribution in [2.75, 3.05) is 34.0 Å². The minimum absolute atomic E-state index is 0.00885. The number of ether oxygens (including phenoxy) is 4. The number of para-hydroxylation sites is 2. The zero-order valence-electron chi connectivity index (χ0n) is 21.7.